The van der Waals surface area contributed by atoms with Crippen molar-refractivity contribution in [3.05, 3.63) is 83.9 Å². The number of hydrogen-bond acceptors (Lipinski definition) is 2. The van der Waals surface area contributed by atoms with Gasteiger partial charge in [-0.25, -0.2) is 0 Å². The van der Waals surface area contributed by atoms with Crippen molar-refractivity contribution in [3.63, 3.8) is 0 Å². The maximum atomic E-state index is 12.8. The molecule has 0 saturated heterocycles. The summed E-state index contributed by atoms with van der Waals surface area (Å²) in [6, 6.07) is 20.7. The van der Waals surface area contributed by atoms with Crippen molar-refractivity contribution in [1.29, 1.82) is 0 Å². The van der Waals surface area contributed by atoms with Crippen molar-refractivity contribution in [2.75, 3.05) is 0 Å². The number of nitrogens with zero attached hydrogens (tertiary/aromatic N) is 1. The summed E-state index contributed by atoms with van der Waals surface area (Å²) in [5.41, 5.74) is 6.60. The van der Waals surface area contributed by atoms with E-state index >= 15 is 0 Å². The fourth-order valence-corrected chi connectivity index (χ4v) is 4.08. The first-order chi connectivity index (χ1) is 13.9. The maximum Gasteiger partial charge on any atom is 0.326 e. The minimum absolute atomic E-state index is 0.193. The van der Waals surface area contributed by atoms with Crippen LogP contribution in [-0.4, -0.2) is 16.1 Å². The zero-order chi connectivity index (χ0) is 20.4. The number of allylic oxidation sites excluding steroid dienone is 2. The quantitative estimate of drug-likeness (QED) is 0.419. The largest absolute Gasteiger partial charge is 0.459 e. The van der Waals surface area contributed by atoms with Crippen LogP contribution >= 0.6 is 0 Å². The lowest BCUT2D eigenvalue weighted by Crippen LogP contribution is -2.27. The Hall–Kier alpha value is -3.07. The van der Waals surface area contributed by atoms with Gasteiger partial charge >= 0.3 is 5.97 Å². The van der Waals surface area contributed by atoms with E-state index in [-0.39, 0.29) is 12.5 Å². The van der Waals surface area contributed by atoms with Crippen LogP contribution < -0.4 is 0 Å². The van der Waals surface area contributed by atoms with Crippen molar-refractivity contribution < 1.29 is 9.53 Å². The maximum absolute atomic E-state index is 12.8. The second-order valence-corrected chi connectivity index (χ2v) is 8.44. The average molecular weight is 386 g/mol. The Kier molecular flexibility index (Phi) is 5.14. The van der Waals surface area contributed by atoms with Gasteiger partial charge in [0.1, 0.15) is 12.1 Å². The van der Waals surface area contributed by atoms with Crippen LogP contribution in [0, 0.1) is 0 Å². The van der Waals surface area contributed by atoms with Crippen molar-refractivity contribution in [2.24, 2.45) is 0 Å². The van der Waals surface area contributed by atoms with Gasteiger partial charge in [0.05, 0.1) is 11.4 Å². The number of fused-ring (bicyclic) bond motifs is 1. The van der Waals surface area contributed by atoms with E-state index in [4.69, 9.17) is 4.74 Å². The molecule has 3 heteroatoms. The van der Waals surface area contributed by atoms with E-state index in [1.165, 1.54) is 11.1 Å². The van der Waals surface area contributed by atoms with E-state index in [1.807, 2.05) is 57.2 Å². The average Bonchev–Trinajstić information content (AvgIpc) is 3.01. The highest BCUT2D eigenvalue weighted by Crippen LogP contribution is 2.40. The van der Waals surface area contributed by atoms with Crippen LogP contribution in [0.3, 0.4) is 0 Å². The first kappa shape index (κ1) is 19.3. The van der Waals surface area contributed by atoms with E-state index in [9.17, 15) is 4.79 Å². The van der Waals surface area contributed by atoms with Gasteiger partial charge in [0, 0.05) is 0 Å². The Morgan fingerprint density at radius 1 is 0.828 bits per heavy atom. The number of ether oxygens (including phenoxy) is 1. The van der Waals surface area contributed by atoms with E-state index in [0.29, 0.717) is 0 Å². The van der Waals surface area contributed by atoms with Crippen LogP contribution in [0.2, 0.25) is 0 Å². The van der Waals surface area contributed by atoms with Crippen molar-refractivity contribution in [2.45, 2.75) is 45.8 Å². The lowest BCUT2D eigenvalue weighted by Gasteiger charge is -2.21. The molecule has 1 aliphatic carbocycles. The second-order valence-electron chi connectivity index (χ2n) is 8.44. The normalized spacial score (nSPS) is 13.2. The van der Waals surface area contributed by atoms with Gasteiger partial charge in [0.2, 0.25) is 0 Å². The molecule has 29 heavy (non-hydrogen) atoms. The molecule has 1 aromatic heterocycles. The molecule has 0 unspecified atom stereocenters. The zero-order valence-corrected chi connectivity index (χ0v) is 17.3. The molecule has 1 aliphatic rings. The predicted molar refractivity (Wildman–Crippen MR) is 118 cm³/mol. The van der Waals surface area contributed by atoms with Gasteiger partial charge in [0.25, 0.3) is 0 Å². The molecule has 0 fully saturated rings. The molecule has 4 rings (SSSR count). The third kappa shape index (κ3) is 4.04. The minimum Gasteiger partial charge on any atom is -0.459 e. The van der Waals surface area contributed by atoms with Gasteiger partial charge in [-0.05, 0) is 55.9 Å². The lowest BCUT2D eigenvalue weighted by molar-refractivity contribution is -0.155. The molecule has 0 bridgehead atoms. The Labute approximate surface area is 172 Å². The van der Waals surface area contributed by atoms with Gasteiger partial charge < -0.3 is 9.30 Å². The van der Waals surface area contributed by atoms with Gasteiger partial charge in [-0.2, -0.15) is 0 Å². The van der Waals surface area contributed by atoms with Gasteiger partial charge in [-0.3, -0.25) is 4.79 Å². The fourth-order valence-electron chi connectivity index (χ4n) is 4.08. The summed E-state index contributed by atoms with van der Waals surface area (Å²) in [4.78, 5) is 12.8. The van der Waals surface area contributed by atoms with Crippen LogP contribution in [0.5, 0.6) is 0 Å². The van der Waals surface area contributed by atoms with Crippen LogP contribution in [0.15, 0.2) is 72.8 Å². The summed E-state index contributed by atoms with van der Waals surface area (Å²) in [7, 11) is 0. The number of benzene rings is 2. The molecule has 0 amide bonds. The lowest BCUT2D eigenvalue weighted by atomic mass is 9.93. The first-order valence-electron chi connectivity index (χ1n) is 10.2. The number of carbonyl (C=O) groups is 1. The molecule has 0 spiro atoms. The number of rotatable bonds is 4. The number of carbonyl (C=O) groups excluding carboxylic acids is 1. The summed E-state index contributed by atoms with van der Waals surface area (Å²) in [5, 5.41) is 0. The van der Waals surface area contributed by atoms with Crippen LogP contribution in [0.1, 0.15) is 31.9 Å². The van der Waals surface area contributed by atoms with Crippen LogP contribution in [-0.2, 0) is 28.9 Å². The van der Waals surface area contributed by atoms with E-state index in [1.54, 1.807) is 0 Å². The molecule has 0 radical (unpaired) electrons. The summed E-state index contributed by atoms with van der Waals surface area (Å²) in [5.74, 6) is -0.216. The molecule has 0 aliphatic heterocycles. The van der Waals surface area contributed by atoms with Gasteiger partial charge in [-0.1, -0.05) is 72.8 Å². The van der Waals surface area contributed by atoms with E-state index in [2.05, 4.69) is 41.0 Å². The SMILES string of the molecule is CC(C)(C)OC(=O)Cn1c(-c2ccccc2)c2c(c1-c1ccccc1)CC=CC2. The fraction of sp³-hybridized carbons (Fsp3) is 0.269. The topological polar surface area (TPSA) is 31.2 Å². The third-order valence-electron chi connectivity index (χ3n) is 5.09. The number of esters is 1. The molecule has 0 N–H and O–H groups in total. The molecule has 3 nitrogen and oxygen atoms in total. The van der Waals surface area contributed by atoms with E-state index in [0.717, 1.165) is 35.4 Å². The number of hydrogen-bond donors (Lipinski definition) is 0. The first-order valence-corrected chi connectivity index (χ1v) is 10.2. The highest BCUT2D eigenvalue weighted by atomic mass is 16.6. The Bertz CT molecular complexity index is 969. The minimum atomic E-state index is -0.509. The smallest absolute Gasteiger partial charge is 0.326 e. The van der Waals surface area contributed by atoms with E-state index < -0.39 is 5.60 Å². The molecule has 0 saturated carbocycles. The Morgan fingerprint density at radius 2 is 1.28 bits per heavy atom. The zero-order valence-electron chi connectivity index (χ0n) is 17.3. The summed E-state index contributed by atoms with van der Waals surface area (Å²) in [6.45, 7) is 5.92. The van der Waals surface area contributed by atoms with Gasteiger partial charge in [-0.15, -0.1) is 0 Å². The Morgan fingerprint density at radius 3 is 1.69 bits per heavy atom. The van der Waals surface area contributed by atoms with Crippen molar-refractivity contribution in [3.8, 4) is 22.5 Å². The standard InChI is InChI=1S/C26H27NO2/c1-26(2,3)29-23(28)18-27-24(19-12-6-4-7-13-19)21-16-10-11-17-22(21)25(27)20-14-8-5-9-15-20/h4-15H,16-18H2,1-3H3. The Balaban J connectivity index is 1.93. The van der Waals surface area contributed by atoms with Crippen LogP contribution in [0.4, 0.5) is 0 Å². The van der Waals surface area contributed by atoms with Crippen molar-refractivity contribution in [1.82, 2.24) is 4.57 Å². The van der Waals surface area contributed by atoms with Crippen molar-refractivity contribution >= 4 is 5.97 Å². The molecule has 0 atom stereocenters. The molecule has 3 aromatic rings. The van der Waals surface area contributed by atoms with Crippen LogP contribution in [0.25, 0.3) is 22.5 Å². The summed E-state index contributed by atoms with van der Waals surface area (Å²) in [6.07, 6.45) is 6.20. The molecule has 2 aromatic carbocycles. The predicted octanol–water partition coefficient (Wildman–Crippen LogP) is 5.82. The summed E-state index contributed by atoms with van der Waals surface area (Å²) >= 11 is 0. The monoisotopic (exact) mass is 385 g/mol. The molecule has 148 valence electrons. The molecule has 1 heterocycles. The highest BCUT2D eigenvalue weighted by Gasteiger charge is 2.27. The highest BCUT2D eigenvalue weighted by molar-refractivity contribution is 5.81. The molecular formula is C26H27NO2. The molecular weight excluding hydrogens is 358 g/mol. The van der Waals surface area contributed by atoms with Gasteiger partial charge in [0.15, 0.2) is 0 Å². The number of aromatic nitrogens is 1. The third-order valence-corrected chi connectivity index (χ3v) is 5.09. The summed E-state index contributed by atoms with van der Waals surface area (Å²) < 4.78 is 7.84. The second kappa shape index (κ2) is 7.75.